The normalized spacial score (nSPS) is 18.9. The molecule has 0 radical (unpaired) electrons. The average molecular weight is 394 g/mol. The van der Waals surface area contributed by atoms with Gasteiger partial charge in [-0.2, -0.15) is 0 Å². The van der Waals surface area contributed by atoms with Crippen LogP contribution in [0.4, 0.5) is 5.69 Å². The quantitative estimate of drug-likeness (QED) is 0.742. The molecule has 2 fully saturated rings. The molecular formula is C19H27N3O4S. The molecule has 0 bridgehead atoms. The molecule has 1 aliphatic carbocycles. The lowest BCUT2D eigenvalue weighted by Crippen LogP contribution is -2.44. The minimum atomic E-state index is -3.12. The number of nitrogens with one attached hydrogen (secondary N) is 2. The van der Waals surface area contributed by atoms with E-state index in [0.717, 1.165) is 24.0 Å². The fourth-order valence-electron chi connectivity index (χ4n) is 3.50. The van der Waals surface area contributed by atoms with Crippen LogP contribution in [0.3, 0.4) is 0 Å². The monoisotopic (exact) mass is 393 g/mol. The van der Waals surface area contributed by atoms with E-state index in [2.05, 4.69) is 10.6 Å². The van der Waals surface area contributed by atoms with E-state index in [9.17, 15) is 18.0 Å². The van der Waals surface area contributed by atoms with Gasteiger partial charge in [-0.3, -0.25) is 9.59 Å². The van der Waals surface area contributed by atoms with E-state index in [1.165, 1.54) is 0 Å². The summed E-state index contributed by atoms with van der Waals surface area (Å²) in [5.74, 6) is -1.16. The van der Waals surface area contributed by atoms with Crippen molar-refractivity contribution in [3.63, 3.8) is 0 Å². The third-order valence-corrected chi connectivity index (χ3v) is 7.51. The number of sulfonamides is 1. The summed E-state index contributed by atoms with van der Waals surface area (Å²) in [6.07, 6.45) is 2.94. The van der Waals surface area contributed by atoms with Crippen molar-refractivity contribution in [1.82, 2.24) is 9.62 Å². The number of aryl methyl sites for hydroxylation is 2. The molecule has 148 valence electrons. The van der Waals surface area contributed by atoms with Crippen LogP contribution < -0.4 is 10.6 Å². The first-order valence-electron chi connectivity index (χ1n) is 9.42. The molecule has 0 atom stereocenters. The SMILES string of the molecule is Cc1cc(C)cc(NC(=O)C(=O)NCC2CCN(S(=O)(=O)C3CC3)CC2)c1. The molecule has 1 aliphatic heterocycles. The Hall–Kier alpha value is -1.93. The maximum absolute atomic E-state index is 12.2. The highest BCUT2D eigenvalue weighted by atomic mass is 32.2. The molecular weight excluding hydrogens is 366 g/mol. The highest BCUT2D eigenvalue weighted by Crippen LogP contribution is 2.33. The number of carbonyl (C=O) groups is 2. The van der Waals surface area contributed by atoms with Crippen LogP contribution in [0.15, 0.2) is 18.2 Å². The van der Waals surface area contributed by atoms with Gasteiger partial charge in [-0.05, 0) is 68.7 Å². The first kappa shape index (κ1) is 19.8. The van der Waals surface area contributed by atoms with E-state index in [1.807, 2.05) is 32.0 Å². The zero-order valence-corrected chi connectivity index (χ0v) is 16.6. The maximum Gasteiger partial charge on any atom is 0.313 e. The minimum absolute atomic E-state index is 0.178. The van der Waals surface area contributed by atoms with E-state index in [-0.39, 0.29) is 11.2 Å². The number of benzene rings is 1. The molecule has 1 saturated carbocycles. The Labute approximate surface area is 160 Å². The lowest BCUT2D eigenvalue weighted by Gasteiger charge is -2.31. The minimum Gasteiger partial charge on any atom is -0.348 e. The molecule has 27 heavy (non-hydrogen) atoms. The van der Waals surface area contributed by atoms with Gasteiger partial charge in [0, 0.05) is 25.3 Å². The van der Waals surface area contributed by atoms with Crippen molar-refractivity contribution in [2.45, 2.75) is 44.8 Å². The van der Waals surface area contributed by atoms with Crippen LogP contribution in [0, 0.1) is 19.8 Å². The molecule has 0 unspecified atom stereocenters. The average Bonchev–Trinajstić information content (AvgIpc) is 3.44. The fraction of sp³-hybridized carbons (Fsp3) is 0.579. The second-order valence-electron chi connectivity index (χ2n) is 7.63. The largest absolute Gasteiger partial charge is 0.348 e. The number of nitrogens with zero attached hydrogens (tertiary/aromatic N) is 1. The summed E-state index contributed by atoms with van der Waals surface area (Å²) in [6, 6.07) is 5.62. The maximum atomic E-state index is 12.2. The van der Waals surface area contributed by atoms with E-state index in [0.29, 0.717) is 38.2 Å². The Balaban J connectivity index is 1.43. The Morgan fingerprint density at radius 2 is 1.59 bits per heavy atom. The van der Waals surface area contributed by atoms with Crippen molar-refractivity contribution >= 4 is 27.5 Å². The van der Waals surface area contributed by atoms with Gasteiger partial charge in [-0.25, -0.2) is 12.7 Å². The highest BCUT2D eigenvalue weighted by Gasteiger charge is 2.41. The van der Waals surface area contributed by atoms with Crippen molar-refractivity contribution in [1.29, 1.82) is 0 Å². The molecule has 1 aromatic carbocycles. The lowest BCUT2D eigenvalue weighted by atomic mass is 9.98. The number of carbonyl (C=O) groups excluding carboxylic acids is 2. The van der Waals surface area contributed by atoms with Crippen LogP contribution in [-0.2, 0) is 19.6 Å². The van der Waals surface area contributed by atoms with Gasteiger partial charge in [-0.15, -0.1) is 0 Å². The van der Waals surface area contributed by atoms with Gasteiger partial charge in [0.2, 0.25) is 10.0 Å². The van der Waals surface area contributed by atoms with Crippen LogP contribution >= 0.6 is 0 Å². The second-order valence-corrected chi connectivity index (χ2v) is 9.84. The molecule has 0 spiro atoms. The molecule has 1 aromatic rings. The predicted molar refractivity (Wildman–Crippen MR) is 104 cm³/mol. The van der Waals surface area contributed by atoms with Crippen LogP contribution in [0.1, 0.15) is 36.8 Å². The molecule has 7 nitrogen and oxygen atoms in total. The number of hydrogen-bond donors (Lipinski definition) is 2. The van der Waals surface area contributed by atoms with Crippen molar-refractivity contribution < 1.29 is 18.0 Å². The third kappa shape index (κ3) is 5.07. The van der Waals surface area contributed by atoms with Gasteiger partial charge < -0.3 is 10.6 Å². The van der Waals surface area contributed by atoms with E-state index in [1.54, 1.807) is 4.31 Å². The van der Waals surface area contributed by atoms with Crippen LogP contribution in [-0.4, -0.2) is 49.4 Å². The van der Waals surface area contributed by atoms with Crippen molar-refractivity contribution in [2.75, 3.05) is 25.0 Å². The van der Waals surface area contributed by atoms with Crippen LogP contribution in [0.25, 0.3) is 0 Å². The summed E-state index contributed by atoms with van der Waals surface area (Å²) in [6.45, 7) is 5.23. The topological polar surface area (TPSA) is 95.6 Å². The summed E-state index contributed by atoms with van der Waals surface area (Å²) in [5, 5.41) is 5.11. The standard InChI is InChI=1S/C19H27N3O4S/c1-13-9-14(2)11-16(10-13)21-19(24)18(23)20-12-15-5-7-22(8-6-15)27(25,26)17-3-4-17/h9-11,15,17H,3-8,12H2,1-2H3,(H,20,23)(H,21,24). The summed E-state index contributed by atoms with van der Waals surface area (Å²) in [7, 11) is -3.12. The van der Waals surface area contributed by atoms with Gasteiger partial charge in [0.1, 0.15) is 0 Å². The van der Waals surface area contributed by atoms with E-state index >= 15 is 0 Å². The van der Waals surface area contributed by atoms with E-state index < -0.39 is 21.8 Å². The number of amides is 2. The second kappa shape index (κ2) is 7.98. The zero-order valence-electron chi connectivity index (χ0n) is 15.8. The Kier molecular flexibility index (Phi) is 5.86. The molecule has 3 rings (SSSR count). The third-order valence-electron chi connectivity index (χ3n) is 5.12. The number of anilines is 1. The van der Waals surface area contributed by atoms with Crippen molar-refractivity contribution in [2.24, 2.45) is 5.92 Å². The summed E-state index contributed by atoms with van der Waals surface area (Å²) in [5.41, 5.74) is 2.63. The Morgan fingerprint density at radius 1 is 1.00 bits per heavy atom. The smallest absolute Gasteiger partial charge is 0.313 e. The number of hydrogen-bond acceptors (Lipinski definition) is 4. The first-order valence-corrected chi connectivity index (χ1v) is 10.9. The highest BCUT2D eigenvalue weighted by molar-refractivity contribution is 7.90. The summed E-state index contributed by atoms with van der Waals surface area (Å²) < 4.78 is 26.0. The van der Waals surface area contributed by atoms with Gasteiger partial charge in [0.25, 0.3) is 0 Å². The van der Waals surface area contributed by atoms with E-state index in [4.69, 9.17) is 0 Å². The fourth-order valence-corrected chi connectivity index (χ4v) is 5.37. The summed E-state index contributed by atoms with van der Waals surface area (Å²) in [4.78, 5) is 24.1. The first-order chi connectivity index (χ1) is 12.8. The molecule has 8 heteroatoms. The van der Waals surface area contributed by atoms with Gasteiger partial charge in [0.15, 0.2) is 0 Å². The lowest BCUT2D eigenvalue weighted by molar-refractivity contribution is -0.136. The van der Waals surface area contributed by atoms with Crippen molar-refractivity contribution in [3.05, 3.63) is 29.3 Å². The van der Waals surface area contributed by atoms with Crippen LogP contribution in [0.5, 0.6) is 0 Å². The Bertz CT molecular complexity index is 805. The molecule has 1 heterocycles. The van der Waals surface area contributed by atoms with Crippen LogP contribution in [0.2, 0.25) is 0 Å². The zero-order chi connectivity index (χ0) is 19.6. The Morgan fingerprint density at radius 3 is 2.15 bits per heavy atom. The predicted octanol–water partition coefficient (Wildman–Crippen LogP) is 1.56. The summed E-state index contributed by atoms with van der Waals surface area (Å²) >= 11 is 0. The van der Waals surface area contributed by atoms with Gasteiger partial charge >= 0.3 is 11.8 Å². The number of rotatable bonds is 5. The number of piperidine rings is 1. The molecule has 2 amide bonds. The molecule has 2 aliphatic rings. The van der Waals surface area contributed by atoms with Gasteiger partial charge in [-0.1, -0.05) is 6.07 Å². The van der Waals surface area contributed by atoms with Gasteiger partial charge in [0.05, 0.1) is 5.25 Å². The molecule has 0 aromatic heterocycles. The molecule has 1 saturated heterocycles. The van der Waals surface area contributed by atoms with Crippen molar-refractivity contribution in [3.8, 4) is 0 Å². The molecule has 2 N–H and O–H groups in total.